The summed E-state index contributed by atoms with van der Waals surface area (Å²) in [5, 5.41) is 0. The molecular formula is C18H23N3. The summed E-state index contributed by atoms with van der Waals surface area (Å²) >= 11 is 0. The summed E-state index contributed by atoms with van der Waals surface area (Å²) in [5.74, 6) is 0.523. The van der Waals surface area contributed by atoms with Crippen molar-refractivity contribution in [3.8, 4) is 0 Å². The number of para-hydroxylation sites is 1. The SMILES string of the molecule is Cc1cccc(N2CCC(c3cccc(N)c3N)CC2)c1. The maximum absolute atomic E-state index is 6.14. The molecule has 1 fully saturated rings. The molecule has 1 heterocycles. The summed E-state index contributed by atoms with van der Waals surface area (Å²) in [6, 6.07) is 14.7. The van der Waals surface area contributed by atoms with Gasteiger partial charge in [0.05, 0.1) is 11.4 Å². The van der Waals surface area contributed by atoms with Crippen LogP contribution < -0.4 is 16.4 Å². The Labute approximate surface area is 126 Å². The van der Waals surface area contributed by atoms with Crippen LogP contribution in [0.25, 0.3) is 0 Å². The maximum Gasteiger partial charge on any atom is 0.0583 e. The summed E-state index contributed by atoms with van der Waals surface area (Å²) in [6.45, 7) is 4.29. The fourth-order valence-electron chi connectivity index (χ4n) is 3.23. The molecule has 0 aromatic heterocycles. The molecule has 110 valence electrons. The van der Waals surface area contributed by atoms with Gasteiger partial charge in [-0.15, -0.1) is 0 Å². The minimum atomic E-state index is 0.523. The molecule has 0 unspecified atom stereocenters. The Hall–Kier alpha value is -2.16. The van der Waals surface area contributed by atoms with Crippen LogP contribution in [0.3, 0.4) is 0 Å². The van der Waals surface area contributed by atoms with Crippen molar-refractivity contribution in [2.24, 2.45) is 0 Å². The molecule has 4 N–H and O–H groups in total. The Balaban J connectivity index is 1.72. The van der Waals surface area contributed by atoms with Crippen molar-refractivity contribution in [1.29, 1.82) is 0 Å². The zero-order valence-corrected chi connectivity index (χ0v) is 12.5. The van der Waals surface area contributed by atoms with E-state index in [0.29, 0.717) is 11.6 Å². The monoisotopic (exact) mass is 281 g/mol. The van der Waals surface area contributed by atoms with E-state index in [2.05, 4.69) is 42.2 Å². The Morgan fingerprint density at radius 1 is 1.00 bits per heavy atom. The van der Waals surface area contributed by atoms with Crippen molar-refractivity contribution < 1.29 is 0 Å². The molecule has 0 spiro atoms. The van der Waals surface area contributed by atoms with Crippen LogP contribution in [0.2, 0.25) is 0 Å². The molecule has 2 aromatic carbocycles. The highest BCUT2D eigenvalue weighted by Gasteiger charge is 2.22. The first-order valence-electron chi connectivity index (χ1n) is 7.60. The number of nitrogen functional groups attached to an aromatic ring is 2. The molecule has 0 bridgehead atoms. The van der Waals surface area contributed by atoms with E-state index in [-0.39, 0.29) is 0 Å². The molecule has 0 aliphatic carbocycles. The second-order valence-corrected chi connectivity index (χ2v) is 5.95. The molecule has 0 amide bonds. The second-order valence-electron chi connectivity index (χ2n) is 5.95. The van der Waals surface area contributed by atoms with Crippen LogP contribution >= 0.6 is 0 Å². The van der Waals surface area contributed by atoms with Gasteiger partial charge in [0.2, 0.25) is 0 Å². The lowest BCUT2D eigenvalue weighted by atomic mass is 9.88. The Kier molecular flexibility index (Phi) is 3.74. The number of nitrogens with two attached hydrogens (primary N) is 2. The first kappa shape index (κ1) is 13.8. The van der Waals surface area contributed by atoms with E-state index in [4.69, 9.17) is 11.5 Å². The van der Waals surface area contributed by atoms with E-state index in [1.165, 1.54) is 16.8 Å². The number of anilines is 3. The van der Waals surface area contributed by atoms with Crippen LogP contribution in [0, 0.1) is 6.92 Å². The van der Waals surface area contributed by atoms with E-state index < -0.39 is 0 Å². The predicted molar refractivity (Wildman–Crippen MR) is 90.6 cm³/mol. The number of hydrogen-bond donors (Lipinski definition) is 2. The zero-order chi connectivity index (χ0) is 14.8. The van der Waals surface area contributed by atoms with Gasteiger partial charge in [-0.25, -0.2) is 0 Å². The van der Waals surface area contributed by atoms with E-state index >= 15 is 0 Å². The average Bonchev–Trinajstić information content (AvgIpc) is 2.50. The van der Waals surface area contributed by atoms with Gasteiger partial charge >= 0.3 is 0 Å². The Morgan fingerprint density at radius 3 is 2.43 bits per heavy atom. The fourth-order valence-corrected chi connectivity index (χ4v) is 3.23. The third-order valence-corrected chi connectivity index (χ3v) is 4.48. The molecule has 3 rings (SSSR count). The van der Waals surface area contributed by atoms with E-state index in [0.717, 1.165) is 31.6 Å². The molecule has 1 aliphatic rings. The first-order chi connectivity index (χ1) is 10.1. The average molecular weight is 281 g/mol. The topological polar surface area (TPSA) is 55.3 Å². The van der Waals surface area contributed by atoms with Crippen molar-refractivity contribution in [2.45, 2.75) is 25.7 Å². The van der Waals surface area contributed by atoms with E-state index in [9.17, 15) is 0 Å². The van der Waals surface area contributed by atoms with Crippen molar-refractivity contribution >= 4 is 17.1 Å². The number of piperidine rings is 1. The molecule has 21 heavy (non-hydrogen) atoms. The summed E-state index contributed by atoms with van der Waals surface area (Å²) in [4.78, 5) is 2.46. The summed E-state index contributed by atoms with van der Waals surface area (Å²) < 4.78 is 0. The lowest BCUT2D eigenvalue weighted by molar-refractivity contribution is 0.506. The molecule has 1 aliphatic heterocycles. The van der Waals surface area contributed by atoms with Crippen LogP contribution in [0.5, 0.6) is 0 Å². The number of nitrogens with zero attached hydrogens (tertiary/aromatic N) is 1. The lowest BCUT2D eigenvalue weighted by Crippen LogP contribution is -2.33. The third kappa shape index (κ3) is 2.82. The van der Waals surface area contributed by atoms with Gasteiger partial charge in [0.25, 0.3) is 0 Å². The predicted octanol–water partition coefficient (Wildman–Crippen LogP) is 3.54. The van der Waals surface area contributed by atoms with Crippen LogP contribution in [0.1, 0.15) is 29.9 Å². The van der Waals surface area contributed by atoms with Gasteiger partial charge in [-0.1, -0.05) is 24.3 Å². The van der Waals surface area contributed by atoms with Gasteiger partial charge in [-0.3, -0.25) is 0 Å². The number of aryl methyl sites for hydroxylation is 1. The summed E-state index contributed by atoms with van der Waals surface area (Å²) in [5.41, 5.74) is 17.4. The molecule has 3 nitrogen and oxygen atoms in total. The number of hydrogen-bond acceptors (Lipinski definition) is 3. The third-order valence-electron chi connectivity index (χ3n) is 4.48. The van der Waals surface area contributed by atoms with Gasteiger partial charge in [0.1, 0.15) is 0 Å². The molecule has 0 radical (unpaired) electrons. The molecular weight excluding hydrogens is 258 g/mol. The molecule has 1 saturated heterocycles. The van der Waals surface area contributed by atoms with E-state index in [1.807, 2.05) is 12.1 Å². The quantitative estimate of drug-likeness (QED) is 0.828. The highest BCUT2D eigenvalue weighted by Crippen LogP contribution is 2.35. The van der Waals surface area contributed by atoms with Crippen molar-refractivity contribution in [3.63, 3.8) is 0 Å². The van der Waals surface area contributed by atoms with E-state index in [1.54, 1.807) is 0 Å². The van der Waals surface area contributed by atoms with Gasteiger partial charge < -0.3 is 16.4 Å². The van der Waals surface area contributed by atoms with Gasteiger partial charge in [0, 0.05) is 18.8 Å². The van der Waals surface area contributed by atoms with Gasteiger partial charge in [-0.05, 0) is 55.0 Å². The molecule has 0 saturated carbocycles. The van der Waals surface area contributed by atoms with Gasteiger partial charge in [0.15, 0.2) is 0 Å². The van der Waals surface area contributed by atoms with Gasteiger partial charge in [-0.2, -0.15) is 0 Å². The van der Waals surface area contributed by atoms with Crippen molar-refractivity contribution in [2.75, 3.05) is 29.5 Å². The minimum Gasteiger partial charge on any atom is -0.397 e. The fraction of sp³-hybridized carbons (Fsp3) is 0.333. The van der Waals surface area contributed by atoms with Crippen LogP contribution in [-0.4, -0.2) is 13.1 Å². The highest BCUT2D eigenvalue weighted by molar-refractivity contribution is 5.68. The van der Waals surface area contributed by atoms with Crippen LogP contribution in [-0.2, 0) is 0 Å². The standard InChI is InChI=1S/C18H23N3/c1-13-4-2-5-15(12-13)21-10-8-14(9-11-21)16-6-3-7-17(19)18(16)20/h2-7,12,14H,8-11,19-20H2,1H3. The smallest absolute Gasteiger partial charge is 0.0583 e. The zero-order valence-electron chi connectivity index (χ0n) is 12.5. The van der Waals surface area contributed by atoms with Crippen LogP contribution in [0.15, 0.2) is 42.5 Å². The summed E-state index contributed by atoms with van der Waals surface area (Å²) in [6.07, 6.45) is 2.25. The maximum atomic E-state index is 6.14. The number of benzene rings is 2. The largest absolute Gasteiger partial charge is 0.397 e. The van der Waals surface area contributed by atoms with Crippen molar-refractivity contribution in [1.82, 2.24) is 0 Å². The summed E-state index contributed by atoms with van der Waals surface area (Å²) in [7, 11) is 0. The Bertz CT molecular complexity index is 628. The number of rotatable bonds is 2. The Morgan fingerprint density at radius 2 is 1.71 bits per heavy atom. The van der Waals surface area contributed by atoms with Crippen LogP contribution in [0.4, 0.5) is 17.1 Å². The molecule has 3 heteroatoms. The normalized spacial score (nSPS) is 16.1. The van der Waals surface area contributed by atoms with Crippen molar-refractivity contribution in [3.05, 3.63) is 53.6 Å². The highest BCUT2D eigenvalue weighted by atomic mass is 15.1. The molecule has 0 atom stereocenters. The minimum absolute atomic E-state index is 0.523. The second kappa shape index (κ2) is 5.68. The first-order valence-corrected chi connectivity index (χ1v) is 7.60. The molecule has 2 aromatic rings. The lowest BCUT2D eigenvalue weighted by Gasteiger charge is -2.34.